The normalized spacial score (nSPS) is 15.1. The van der Waals surface area contributed by atoms with E-state index in [4.69, 9.17) is 9.15 Å². The zero-order chi connectivity index (χ0) is 21.7. The number of benzene rings is 2. The summed E-state index contributed by atoms with van der Waals surface area (Å²) >= 11 is 1.40. The number of aromatic nitrogens is 2. The molecule has 0 saturated carbocycles. The molecule has 0 amide bonds. The maximum Gasteiger partial charge on any atom is 0.276 e. The van der Waals surface area contributed by atoms with Crippen LogP contribution in [-0.2, 0) is 10.0 Å². The smallest absolute Gasteiger partial charge is 0.276 e. The number of ether oxygens (including phenoxy) is 1. The van der Waals surface area contributed by atoms with E-state index in [1.54, 1.807) is 28.6 Å². The summed E-state index contributed by atoms with van der Waals surface area (Å²) in [5, 5.41) is 8.57. The first-order chi connectivity index (χ1) is 15.0. The van der Waals surface area contributed by atoms with Gasteiger partial charge in [0.1, 0.15) is 5.75 Å². The van der Waals surface area contributed by atoms with Crippen LogP contribution in [-0.4, -0.2) is 48.4 Å². The number of thioether (sulfide) groups is 1. The fourth-order valence-corrected chi connectivity index (χ4v) is 5.49. The molecule has 0 bridgehead atoms. The third-order valence-corrected chi connectivity index (χ3v) is 7.72. The van der Waals surface area contributed by atoms with Crippen LogP contribution >= 0.6 is 11.8 Å². The summed E-state index contributed by atoms with van der Waals surface area (Å²) in [6, 6.07) is 14.6. The summed E-state index contributed by atoms with van der Waals surface area (Å²) in [4.78, 5) is 0.255. The third kappa shape index (κ3) is 5.47. The van der Waals surface area contributed by atoms with E-state index in [1.165, 1.54) is 17.3 Å². The Morgan fingerprint density at radius 3 is 2.61 bits per heavy atom. The molecule has 2 aromatic carbocycles. The molecular weight excluding hydrogens is 434 g/mol. The van der Waals surface area contributed by atoms with Crippen LogP contribution in [0.4, 0.5) is 0 Å². The van der Waals surface area contributed by atoms with Gasteiger partial charge in [-0.1, -0.05) is 41.9 Å². The number of aryl methyl sites for hydroxylation is 1. The summed E-state index contributed by atoms with van der Waals surface area (Å²) in [7, 11) is -3.51. The first-order valence-electron chi connectivity index (χ1n) is 10.3. The molecule has 7 nitrogen and oxygen atoms in total. The molecule has 164 valence electrons. The van der Waals surface area contributed by atoms with Crippen LogP contribution in [0.3, 0.4) is 0 Å². The van der Waals surface area contributed by atoms with Gasteiger partial charge in [-0.25, -0.2) is 8.42 Å². The Morgan fingerprint density at radius 2 is 1.84 bits per heavy atom. The van der Waals surface area contributed by atoms with Gasteiger partial charge in [0.25, 0.3) is 5.22 Å². The van der Waals surface area contributed by atoms with Crippen molar-refractivity contribution < 1.29 is 17.6 Å². The minimum atomic E-state index is -3.51. The number of nitrogens with zero attached hydrogens (tertiary/aromatic N) is 3. The number of sulfonamides is 1. The summed E-state index contributed by atoms with van der Waals surface area (Å²) in [6.45, 7) is 3.68. The molecule has 0 atom stereocenters. The highest BCUT2D eigenvalue weighted by Gasteiger charge is 2.26. The van der Waals surface area contributed by atoms with Crippen LogP contribution in [0.2, 0.25) is 0 Å². The van der Waals surface area contributed by atoms with Crippen LogP contribution in [0.1, 0.15) is 24.8 Å². The molecule has 0 unspecified atom stereocenters. The molecule has 2 heterocycles. The van der Waals surface area contributed by atoms with Crippen molar-refractivity contribution in [2.75, 3.05) is 25.4 Å². The molecule has 0 aliphatic carbocycles. The summed E-state index contributed by atoms with van der Waals surface area (Å²) in [6.07, 6.45) is 2.87. The van der Waals surface area contributed by atoms with Gasteiger partial charge in [-0.2, -0.15) is 4.31 Å². The highest BCUT2D eigenvalue weighted by molar-refractivity contribution is 7.99. The van der Waals surface area contributed by atoms with E-state index in [-0.39, 0.29) is 4.90 Å². The van der Waals surface area contributed by atoms with E-state index in [1.807, 2.05) is 31.2 Å². The Bertz CT molecular complexity index is 1110. The van der Waals surface area contributed by atoms with E-state index in [9.17, 15) is 8.42 Å². The Balaban J connectivity index is 1.37. The number of hydrogen-bond donors (Lipinski definition) is 0. The van der Waals surface area contributed by atoms with Crippen molar-refractivity contribution in [1.82, 2.24) is 14.5 Å². The number of piperidine rings is 1. The average molecular weight is 460 g/mol. The highest BCUT2D eigenvalue weighted by Crippen LogP contribution is 2.27. The second kappa shape index (κ2) is 9.84. The standard InChI is InChI=1S/C22H25N3O4S2/c1-17-8-10-19(11-9-17)28-14-15-30-22-24-23-21(29-22)18-6-5-7-20(16-18)31(26,27)25-12-3-2-4-13-25/h5-11,16H,2-4,12-15H2,1H3. The SMILES string of the molecule is Cc1ccc(OCCSc2nnc(-c3cccc(S(=O)(=O)N4CCCCC4)c3)o2)cc1. The van der Waals surface area contributed by atoms with Crippen LogP contribution < -0.4 is 4.74 Å². The highest BCUT2D eigenvalue weighted by atomic mass is 32.2. The van der Waals surface area contributed by atoms with Crippen molar-refractivity contribution in [2.24, 2.45) is 0 Å². The van der Waals surface area contributed by atoms with Gasteiger partial charge < -0.3 is 9.15 Å². The van der Waals surface area contributed by atoms with Gasteiger partial charge in [0.15, 0.2) is 0 Å². The maximum atomic E-state index is 12.9. The lowest BCUT2D eigenvalue weighted by molar-refractivity contribution is 0.343. The molecule has 9 heteroatoms. The van der Waals surface area contributed by atoms with Crippen molar-refractivity contribution in [1.29, 1.82) is 0 Å². The molecule has 1 aliphatic heterocycles. The van der Waals surface area contributed by atoms with Crippen molar-refractivity contribution in [3.8, 4) is 17.2 Å². The monoisotopic (exact) mass is 459 g/mol. The summed E-state index contributed by atoms with van der Waals surface area (Å²) in [5.74, 6) is 1.78. The van der Waals surface area contributed by atoms with Crippen LogP contribution in [0.5, 0.6) is 5.75 Å². The molecule has 3 aromatic rings. The fraction of sp³-hybridized carbons (Fsp3) is 0.364. The second-order valence-electron chi connectivity index (χ2n) is 7.38. The molecule has 0 N–H and O–H groups in total. The zero-order valence-electron chi connectivity index (χ0n) is 17.4. The zero-order valence-corrected chi connectivity index (χ0v) is 19.0. The molecule has 1 fully saturated rings. The van der Waals surface area contributed by atoms with Crippen molar-refractivity contribution in [2.45, 2.75) is 36.3 Å². The van der Waals surface area contributed by atoms with Gasteiger partial charge in [-0.3, -0.25) is 0 Å². The predicted octanol–water partition coefficient (Wildman–Crippen LogP) is 4.39. The first kappa shape index (κ1) is 21.9. The molecule has 1 aromatic heterocycles. The summed E-state index contributed by atoms with van der Waals surface area (Å²) in [5.41, 5.74) is 1.78. The Morgan fingerprint density at radius 1 is 1.06 bits per heavy atom. The largest absolute Gasteiger partial charge is 0.493 e. The van der Waals surface area contributed by atoms with Crippen molar-refractivity contribution >= 4 is 21.8 Å². The molecular formula is C22H25N3O4S2. The molecule has 0 radical (unpaired) electrons. The Labute approximate surface area is 186 Å². The third-order valence-electron chi connectivity index (χ3n) is 5.04. The Kier molecular flexibility index (Phi) is 6.94. The number of hydrogen-bond acceptors (Lipinski definition) is 7. The first-order valence-corrected chi connectivity index (χ1v) is 12.7. The van der Waals surface area contributed by atoms with E-state index in [0.29, 0.717) is 42.1 Å². The van der Waals surface area contributed by atoms with Gasteiger partial charge in [0.05, 0.1) is 11.5 Å². The minimum absolute atomic E-state index is 0.255. The lowest BCUT2D eigenvalue weighted by Crippen LogP contribution is -2.35. The second-order valence-corrected chi connectivity index (χ2v) is 10.4. The van der Waals surface area contributed by atoms with Gasteiger partial charge >= 0.3 is 0 Å². The average Bonchev–Trinajstić information content (AvgIpc) is 3.28. The van der Waals surface area contributed by atoms with E-state index >= 15 is 0 Å². The quantitative estimate of drug-likeness (QED) is 0.365. The fourth-order valence-electron chi connectivity index (χ4n) is 3.35. The topological polar surface area (TPSA) is 85.5 Å². The predicted molar refractivity (Wildman–Crippen MR) is 120 cm³/mol. The van der Waals surface area contributed by atoms with Gasteiger partial charge in [0, 0.05) is 24.4 Å². The lowest BCUT2D eigenvalue weighted by atomic mass is 10.2. The molecule has 31 heavy (non-hydrogen) atoms. The minimum Gasteiger partial charge on any atom is -0.493 e. The van der Waals surface area contributed by atoms with Crippen LogP contribution in [0, 0.1) is 6.92 Å². The van der Waals surface area contributed by atoms with Gasteiger partial charge in [-0.15, -0.1) is 10.2 Å². The molecule has 0 spiro atoms. The summed E-state index contributed by atoms with van der Waals surface area (Å²) < 4.78 is 38.8. The molecule has 1 saturated heterocycles. The van der Waals surface area contributed by atoms with Gasteiger partial charge in [0.2, 0.25) is 15.9 Å². The van der Waals surface area contributed by atoms with E-state index < -0.39 is 10.0 Å². The van der Waals surface area contributed by atoms with Gasteiger partial charge in [-0.05, 0) is 50.1 Å². The van der Waals surface area contributed by atoms with Crippen molar-refractivity contribution in [3.63, 3.8) is 0 Å². The Hall–Kier alpha value is -2.36. The maximum absolute atomic E-state index is 12.9. The lowest BCUT2D eigenvalue weighted by Gasteiger charge is -2.25. The van der Waals surface area contributed by atoms with E-state index in [0.717, 1.165) is 25.0 Å². The van der Waals surface area contributed by atoms with E-state index in [2.05, 4.69) is 10.2 Å². The van der Waals surface area contributed by atoms with Crippen molar-refractivity contribution in [3.05, 3.63) is 54.1 Å². The molecule has 1 aliphatic rings. The van der Waals surface area contributed by atoms with Crippen LogP contribution in [0.15, 0.2) is 63.1 Å². The number of rotatable bonds is 8. The van der Waals surface area contributed by atoms with Crippen LogP contribution in [0.25, 0.3) is 11.5 Å². The molecule has 4 rings (SSSR count).